The lowest BCUT2D eigenvalue weighted by Crippen LogP contribution is -2.24. The molecular weight excluding hydrogens is 238 g/mol. The largest absolute Gasteiger partial charge is 0.392 e. The Morgan fingerprint density at radius 1 is 1.37 bits per heavy atom. The van der Waals surface area contributed by atoms with Crippen molar-refractivity contribution in [1.29, 1.82) is 0 Å². The molecule has 19 heavy (non-hydrogen) atoms. The van der Waals surface area contributed by atoms with Crippen LogP contribution in [0.2, 0.25) is 0 Å². The zero-order chi connectivity index (χ0) is 14.6. The fourth-order valence-corrected chi connectivity index (χ4v) is 1.69. The van der Waals surface area contributed by atoms with Crippen molar-refractivity contribution in [2.24, 2.45) is 11.3 Å². The fraction of sp³-hybridized carbons (Fsp3) is 0.562. The summed E-state index contributed by atoms with van der Waals surface area (Å²) in [6, 6.07) is 5.60. The molecule has 0 saturated carbocycles. The summed E-state index contributed by atoms with van der Waals surface area (Å²) in [5.41, 5.74) is 2.73. The van der Waals surface area contributed by atoms with Crippen molar-refractivity contribution in [3.05, 3.63) is 29.3 Å². The van der Waals surface area contributed by atoms with Gasteiger partial charge in [0.1, 0.15) is 0 Å². The van der Waals surface area contributed by atoms with E-state index in [1.165, 1.54) is 0 Å². The molecule has 0 saturated heterocycles. The van der Waals surface area contributed by atoms with Crippen molar-refractivity contribution in [2.75, 3.05) is 5.32 Å². The molecule has 3 nitrogen and oxygen atoms in total. The van der Waals surface area contributed by atoms with Gasteiger partial charge >= 0.3 is 0 Å². The maximum absolute atomic E-state index is 12.0. The van der Waals surface area contributed by atoms with Gasteiger partial charge in [0.05, 0.1) is 6.61 Å². The van der Waals surface area contributed by atoms with Gasteiger partial charge in [0.25, 0.3) is 0 Å². The highest BCUT2D eigenvalue weighted by Crippen LogP contribution is 2.28. The van der Waals surface area contributed by atoms with E-state index in [-0.39, 0.29) is 17.9 Å². The van der Waals surface area contributed by atoms with Gasteiger partial charge in [-0.05, 0) is 35.4 Å². The van der Waals surface area contributed by atoms with Crippen molar-refractivity contribution < 1.29 is 9.90 Å². The number of benzene rings is 1. The Balaban J connectivity index is 2.72. The van der Waals surface area contributed by atoms with E-state index >= 15 is 0 Å². The van der Waals surface area contributed by atoms with Gasteiger partial charge in [0.2, 0.25) is 5.91 Å². The minimum absolute atomic E-state index is 0.0124. The summed E-state index contributed by atoms with van der Waals surface area (Å²) in [6.45, 7) is 10.5. The van der Waals surface area contributed by atoms with Gasteiger partial charge in [-0.15, -0.1) is 0 Å². The van der Waals surface area contributed by atoms with Crippen molar-refractivity contribution >= 4 is 11.6 Å². The number of carbonyl (C=O) groups is 1. The summed E-state index contributed by atoms with van der Waals surface area (Å²) in [4.78, 5) is 12.0. The molecular formula is C16H25NO2. The third-order valence-electron chi connectivity index (χ3n) is 3.73. The molecule has 0 aliphatic carbocycles. The van der Waals surface area contributed by atoms with Crippen LogP contribution in [-0.4, -0.2) is 11.0 Å². The maximum atomic E-state index is 12.0. The zero-order valence-electron chi connectivity index (χ0n) is 12.6. The Kier molecular flexibility index (Phi) is 5.12. The molecule has 0 aliphatic rings. The number of amides is 1. The second-order valence-electron chi connectivity index (χ2n) is 6.33. The lowest BCUT2D eigenvalue weighted by molar-refractivity contribution is -0.117. The summed E-state index contributed by atoms with van der Waals surface area (Å²) >= 11 is 0. The highest BCUT2D eigenvalue weighted by molar-refractivity contribution is 5.91. The SMILES string of the molecule is Cc1ccc(CO)cc1NC(=O)CC(C)C(C)(C)C. The highest BCUT2D eigenvalue weighted by Gasteiger charge is 2.22. The fourth-order valence-electron chi connectivity index (χ4n) is 1.69. The molecule has 0 fully saturated rings. The van der Waals surface area contributed by atoms with E-state index in [0.717, 1.165) is 16.8 Å². The molecule has 0 aliphatic heterocycles. The average Bonchev–Trinajstić information content (AvgIpc) is 2.30. The van der Waals surface area contributed by atoms with Gasteiger partial charge in [-0.3, -0.25) is 4.79 Å². The Morgan fingerprint density at radius 3 is 2.53 bits per heavy atom. The van der Waals surface area contributed by atoms with Crippen LogP contribution in [0, 0.1) is 18.3 Å². The van der Waals surface area contributed by atoms with Crippen LogP contribution in [0.1, 0.15) is 45.2 Å². The number of nitrogens with one attached hydrogen (secondary N) is 1. The van der Waals surface area contributed by atoms with E-state index in [1.54, 1.807) is 0 Å². The topological polar surface area (TPSA) is 49.3 Å². The number of aliphatic hydroxyl groups is 1. The zero-order valence-corrected chi connectivity index (χ0v) is 12.6. The van der Waals surface area contributed by atoms with Gasteiger partial charge in [0, 0.05) is 12.1 Å². The van der Waals surface area contributed by atoms with Crippen LogP contribution in [0.3, 0.4) is 0 Å². The minimum atomic E-state index is -0.0124. The first kappa shape index (κ1) is 15.7. The minimum Gasteiger partial charge on any atom is -0.392 e. The number of hydrogen-bond donors (Lipinski definition) is 2. The molecule has 2 N–H and O–H groups in total. The van der Waals surface area contributed by atoms with E-state index in [2.05, 4.69) is 33.0 Å². The Bertz CT molecular complexity index is 447. The molecule has 106 valence electrons. The second kappa shape index (κ2) is 6.20. The van der Waals surface area contributed by atoms with Crippen LogP contribution in [0.25, 0.3) is 0 Å². The Labute approximate surface area is 116 Å². The Hall–Kier alpha value is -1.35. The van der Waals surface area contributed by atoms with Crippen molar-refractivity contribution in [3.8, 4) is 0 Å². The number of aliphatic hydroxyl groups excluding tert-OH is 1. The normalized spacial score (nSPS) is 13.2. The third kappa shape index (κ3) is 4.67. The lowest BCUT2D eigenvalue weighted by Gasteiger charge is -2.26. The second-order valence-corrected chi connectivity index (χ2v) is 6.33. The first-order valence-corrected chi connectivity index (χ1v) is 6.74. The monoisotopic (exact) mass is 263 g/mol. The molecule has 1 unspecified atom stereocenters. The number of hydrogen-bond acceptors (Lipinski definition) is 2. The molecule has 3 heteroatoms. The molecule has 1 atom stereocenters. The Morgan fingerprint density at radius 2 is 2.00 bits per heavy atom. The standard InChI is InChI=1S/C16H25NO2/c1-11-6-7-13(10-18)9-14(11)17-15(19)8-12(2)16(3,4)5/h6-7,9,12,18H,8,10H2,1-5H3,(H,17,19). The van der Waals surface area contributed by atoms with Gasteiger partial charge in [-0.25, -0.2) is 0 Å². The van der Waals surface area contributed by atoms with Gasteiger partial charge < -0.3 is 10.4 Å². The first-order chi connectivity index (χ1) is 8.74. The molecule has 1 aromatic carbocycles. The van der Waals surface area contributed by atoms with Crippen LogP contribution < -0.4 is 5.32 Å². The molecule has 1 rings (SSSR count). The van der Waals surface area contributed by atoms with Crippen LogP contribution in [0.5, 0.6) is 0 Å². The summed E-state index contributed by atoms with van der Waals surface area (Å²) in [5, 5.41) is 12.1. The summed E-state index contributed by atoms with van der Waals surface area (Å²) in [5.74, 6) is 0.342. The van der Waals surface area contributed by atoms with E-state index in [1.807, 2.05) is 25.1 Å². The van der Waals surface area contributed by atoms with Crippen LogP contribution in [0.4, 0.5) is 5.69 Å². The molecule has 1 aromatic rings. The van der Waals surface area contributed by atoms with Gasteiger partial charge in [-0.2, -0.15) is 0 Å². The van der Waals surface area contributed by atoms with Gasteiger partial charge in [-0.1, -0.05) is 39.8 Å². The van der Waals surface area contributed by atoms with Gasteiger partial charge in [0.15, 0.2) is 0 Å². The molecule has 0 spiro atoms. The molecule has 0 radical (unpaired) electrons. The third-order valence-corrected chi connectivity index (χ3v) is 3.73. The summed E-state index contributed by atoms with van der Waals surface area (Å²) in [6.07, 6.45) is 0.506. The quantitative estimate of drug-likeness (QED) is 0.873. The van der Waals surface area contributed by atoms with E-state index < -0.39 is 0 Å². The van der Waals surface area contributed by atoms with E-state index in [4.69, 9.17) is 5.11 Å². The van der Waals surface area contributed by atoms with Crippen molar-refractivity contribution in [3.63, 3.8) is 0 Å². The van der Waals surface area contributed by atoms with E-state index in [0.29, 0.717) is 12.3 Å². The van der Waals surface area contributed by atoms with E-state index in [9.17, 15) is 4.79 Å². The lowest BCUT2D eigenvalue weighted by atomic mass is 9.80. The van der Waals surface area contributed by atoms with Crippen LogP contribution >= 0.6 is 0 Å². The molecule has 0 bridgehead atoms. The van der Waals surface area contributed by atoms with Crippen LogP contribution in [-0.2, 0) is 11.4 Å². The number of carbonyl (C=O) groups excluding carboxylic acids is 1. The molecule has 0 heterocycles. The van der Waals surface area contributed by atoms with Crippen molar-refractivity contribution in [2.45, 2.75) is 47.6 Å². The van der Waals surface area contributed by atoms with Crippen molar-refractivity contribution in [1.82, 2.24) is 0 Å². The first-order valence-electron chi connectivity index (χ1n) is 6.74. The maximum Gasteiger partial charge on any atom is 0.224 e. The number of anilines is 1. The average molecular weight is 263 g/mol. The predicted molar refractivity (Wildman–Crippen MR) is 79.0 cm³/mol. The molecule has 1 amide bonds. The molecule has 0 aromatic heterocycles. The number of aryl methyl sites for hydroxylation is 1. The summed E-state index contributed by atoms with van der Waals surface area (Å²) < 4.78 is 0. The number of rotatable bonds is 4. The highest BCUT2D eigenvalue weighted by atomic mass is 16.3. The van der Waals surface area contributed by atoms with Crippen LogP contribution in [0.15, 0.2) is 18.2 Å². The predicted octanol–water partition coefficient (Wildman–Crippen LogP) is 3.50. The summed E-state index contributed by atoms with van der Waals surface area (Å²) in [7, 11) is 0. The smallest absolute Gasteiger partial charge is 0.224 e.